The average Bonchev–Trinajstić information content (AvgIpc) is 4.18. The molecule has 4 amide bonds. The van der Waals surface area contributed by atoms with Crippen LogP contribution in [0.4, 0.5) is 38.5 Å². The number of halogens is 4. The zero-order valence-electron chi connectivity index (χ0n) is 41.7. The summed E-state index contributed by atoms with van der Waals surface area (Å²) in [6.45, 7) is 13.0. The number of amides is 4. The summed E-state index contributed by atoms with van der Waals surface area (Å²) in [6, 6.07) is 3.75. The second-order valence-electron chi connectivity index (χ2n) is 21.1. The minimum absolute atomic E-state index is 0.0963. The molecule has 3 aromatic carbocycles. The van der Waals surface area contributed by atoms with Gasteiger partial charge in [-0.2, -0.15) is 0 Å². The van der Waals surface area contributed by atoms with Crippen molar-refractivity contribution in [3.8, 4) is 0 Å². The second-order valence-corrected chi connectivity index (χ2v) is 21.1. The predicted octanol–water partition coefficient (Wildman–Crippen LogP) is 9.56. The van der Waals surface area contributed by atoms with Crippen molar-refractivity contribution in [2.45, 2.75) is 123 Å². The van der Waals surface area contributed by atoms with Crippen molar-refractivity contribution < 1.29 is 46.6 Å². The summed E-state index contributed by atoms with van der Waals surface area (Å²) in [6.07, 6.45) is 1.82. The van der Waals surface area contributed by atoms with Crippen LogP contribution >= 0.6 is 0 Å². The van der Waals surface area contributed by atoms with Gasteiger partial charge in [0.1, 0.15) is 41.1 Å². The number of methoxy groups -OCH3 is 1. The third kappa shape index (κ3) is 9.60. The van der Waals surface area contributed by atoms with E-state index >= 15 is 17.6 Å². The molecule has 4 fully saturated rings. The van der Waals surface area contributed by atoms with E-state index in [0.29, 0.717) is 85.6 Å². The Morgan fingerprint density at radius 3 is 1.56 bits per heavy atom. The summed E-state index contributed by atoms with van der Waals surface area (Å²) in [7, 11) is 1.23. The molecule has 5 aromatic rings. The van der Waals surface area contributed by atoms with E-state index in [-0.39, 0.29) is 70.8 Å². The molecule has 72 heavy (non-hydrogen) atoms. The molecule has 20 heteroatoms. The summed E-state index contributed by atoms with van der Waals surface area (Å²) in [5.74, 6) is -2.83. The Hall–Kier alpha value is -6.60. The van der Waals surface area contributed by atoms with E-state index in [0.717, 1.165) is 6.42 Å². The molecule has 386 valence electrons. The molecule has 9 rings (SSSR count). The Morgan fingerprint density at radius 1 is 0.667 bits per heavy atom. The number of aromatic amines is 2. The van der Waals surface area contributed by atoms with Crippen LogP contribution in [0.5, 0.6) is 0 Å². The Balaban J connectivity index is 1.08. The number of ether oxygens (including phenoxy) is 1. The zero-order valence-corrected chi connectivity index (χ0v) is 41.7. The Kier molecular flexibility index (Phi) is 14.1. The van der Waals surface area contributed by atoms with E-state index in [1.165, 1.54) is 31.4 Å². The van der Waals surface area contributed by atoms with Crippen LogP contribution in [0.3, 0.4) is 0 Å². The monoisotopic (exact) mass is 1000 g/mol. The fourth-order valence-corrected chi connectivity index (χ4v) is 11.9. The van der Waals surface area contributed by atoms with Crippen LogP contribution in [-0.2, 0) is 14.3 Å². The summed E-state index contributed by atoms with van der Waals surface area (Å²) >= 11 is 0. The summed E-state index contributed by atoms with van der Waals surface area (Å²) < 4.78 is 71.8. The maximum Gasteiger partial charge on any atom is 0.407 e. The van der Waals surface area contributed by atoms with Crippen molar-refractivity contribution in [2.24, 2.45) is 23.7 Å². The SMILES string of the molecule is COC(=O)N[C@H](C(=O)N1CCC[C@H]1c1nc2cc([C@H]3CCC(c4cc5nc([C@@H]6CCCN6C(=O)[C@@H](NC(=O)O)C(C)C)[nH]c5cc4F)N3c3cc(F)c(N4CC(C)CC(C)C4)c(F)c3)c(F)cc2[nH]1)C(C)C. The number of anilines is 2. The number of H-pyrrole nitrogens is 2. The number of carbonyl (C=O) groups excluding carboxylic acids is 3. The number of benzene rings is 3. The van der Waals surface area contributed by atoms with E-state index in [9.17, 15) is 24.3 Å². The van der Waals surface area contributed by atoms with Crippen LogP contribution in [0.25, 0.3) is 22.1 Å². The molecule has 6 heterocycles. The van der Waals surface area contributed by atoms with Crippen LogP contribution in [0.15, 0.2) is 36.4 Å². The van der Waals surface area contributed by atoms with E-state index in [1.54, 1.807) is 45.6 Å². The van der Waals surface area contributed by atoms with Crippen molar-refractivity contribution in [1.29, 1.82) is 0 Å². The van der Waals surface area contributed by atoms with Crippen LogP contribution in [0.1, 0.15) is 133 Å². The number of fused-ring (bicyclic) bond motifs is 2. The van der Waals surface area contributed by atoms with Gasteiger partial charge in [-0.3, -0.25) is 9.59 Å². The van der Waals surface area contributed by atoms with Crippen molar-refractivity contribution in [3.05, 3.63) is 82.4 Å². The van der Waals surface area contributed by atoms with Gasteiger partial charge in [0.25, 0.3) is 0 Å². The van der Waals surface area contributed by atoms with Gasteiger partial charge >= 0.3 is 12.2 Å². The molecule has 4 aliphatic heterocycles. The molecule has 16 nitrogen and oxygen atoms in total. The smallest absolute Gasteiger partial charge is 0.407 e. The van der Waals surface area contributed by atoms with E-state index in [1.807, 2.05) is 13.8 Å². The van der Waals surface area contributed by atoms with Gasteiger partial charge in [-0.15, -0.1) is 0 Å². The third-order valence-electron chi connectivity index (χ3n) is 15.1. The van der Waals surface area contributed by atoms with Crippen LogP contribution in [-0.4, -0.2) is 104 Å². The zero-order chi connectivity index (χ0) is 51.4. The van der Waals surface area contributed by atoms with Crippen LogP contribution in [0.2, 0.25) is 0 Å². The quantitative estimate of drug-likeness (QED) is 0.0752. The first-order valence-electron chi connectivity index (χ1n) is 25.2. The predicted molar refractivity (Wildman–Crippen MR) is 262 cm³/mol. The first-order valence-corrected chi connectivity index (χ1v) is 25.2. The fraction of sp³-hybridized carbons (Fsp3) is 0.538. The van der Waals surface area contributed by atoms with E-state index < -0.39 is 71.7 Å². The minimum atomic E-state index is -1.31. The highest BCUT2D eigenvalue weighted by Crippen LogP contribution is 2.50. The number of alkyl carbamates (subject to hydrolysis) is 1. The number of likely N-dealkylation sites (tertiary alicyclic amines) is 2. The lowest BCUT2D eigenvalue weighted by Crippen LogP contribution is -2.51. The first kappa shape index (κ1) is 50.3. The number of rotatable bonds is 12. The molecule has 3 unspecified atom stereocenters. The Morgan fingerprint density at radius 2 is 1.12 bits per heavy atom. The van der Waals surface area contributed by atoms with Gasteiger partial charge in [-0.1, -0.05) is 41.5 Å². The molecule has 5 N–H and O–H groups in total. The molecule has 0 radical (unpaired) electrons. The lowest BCUT2D eigenvalue weighted by Gasteiger charge is -2.38. The van der Waals surface area contributed by atoms with Crippen molar-refractivity contribution in [1.82, 2.24) is 40.4 Å². The maximum absolute atomic E-state index is 16.9. The van der Waals surface area contributed by atoms with E-state index in [4.69, 9.17) is 14.7 Å². The highest BCUT2D eigenvalue weighted by molar-refractivity contribution is 5.87. The molecule has 4 aliphatic rings. The summed E-state index contributed by atoms with van der Waals surface area (Å²) in [4.78, 5) is 74.3. The molecule has 4 saturated heterocycles. The van der Waals surface area contributed by atoms with Gasteiger partial charge in [0.05, 0.1) is 53.3 Å². The van der Waals surface area contributed by atoms with E-state index in [2.05, 4.69) is 34.4 Å². The Labute approximate surface area is 415 Å². The number of nitrogens with zero attached hydrogens (tertiary/aromatic N) is 6. The third-order valence-corrected chi connectivity index (χ3v) is 15.1. The number of carboxylic acid groups (broad SMARTS) is 1. The van der Waals surface area contributed by atoms with Gasteiger partial charge in [-0.05, 0) is 105 Å². The van der Waals surface area contributed by atoms with Gasteiger partial charge in [0, 0.05) is 43.0 Å². The Bertz CT molecular complexity index is 2860. The van der Waals surface area contributed by atoms with Crippen molar-refractivity contribution >= 4 is 57.4 Å². The number of aromatic nitrogens is 4. The number of hydrogen-bond acceptors (Lipinski definition) is 9. The van der Waals surface area contributed by atoms with Crippen molar-refractivity contribution in [2.75, 3.05) is 43.1 Å². The largest absolute Gasteiger partial charge is 0.465 e. The number of imidazole rings is 2. The molecular formula is C52H64F4N10O6. The normalized spacial score (nSPS) is 23.5. The number of nitrogens with one attached hydrogen (secondary N) is 4. The molecule has 0 aliphatic carbocycles. The molecular weight excluding hydrogens is 937 g/mol. The molecule has 2 aromatic heterocycles. The van der Waals surface area contributed by atoms with Gasteiger partial charge in [-0.25, -0.2) is 37.1 Å². The average molecular weight is 1000 g/mol. The van der Waals surface area contributed by atoms with Gasteiger partial charge in [0.15, 0.2) is 11.6 Å². The standard InChI is InChI=1S/C52H64F4N10O6/c1-25(2)44(61-51(69)70)49(67)64-14-8-10-42(64)47-57-36-19-30(32(53)21-38(36)59-47)40-12-13-41(66(40)29-17-34(55)46(35(56)18-29)63-23-27(5)16-28(6)24-63)31-20-37-39(22-33(31)54)60-48(58-37)43-11-9-15-65(43)50(68)45(26(3)4)62-52(71)72-7/h17-22,25-28,40-45,61H,8-16,23-24H2,1-7H3,(H,57,59)(H,58,60)(H,62,71)(H,69,70)/t27?,28?,40?,41-,42+,43+,44+,45+/m1/s1. The molecule has 8 atom stereocenters. The van der Waals surface area contributed by atoms with Crippen LogP contribution in [0, 0.1) is 46.9 Å². The molecule has 0 bridgehead atoms. The highest BCUT2D eigenvalue weighted by Gasteiger charge is 2.42. The lowest BCUT2D eigenvalue weighted by atomic mass is 9.91. The summed E-state index contributed by atoms with van der Waals surface area (Å²) in [5.41, 5.74) is 1.81. The first-order chi connectivity index (χ1) is 34.3. The maximum atomic E-state index is 16.9. The highest BCUT2D eigenvalue weighted by atomic mass is 19.1. The summed E-state index contributed by atoms with van der Waals surface area (Å²) in [5, 5.41) is 14.5. The molecule has 0 spiro atoms. The number of carbonyl (C=O) groups is 4. The molecule has 0 saturated carbocycles. The van der Waals surface area contributed by atoms with Crippen molar-refractivity contribution in [3.63, 3.8) is 0 Å². The van der Waals surface area contributed by atoms with Gasteiger partial charge < -0.3 is 50.0 Å². The van der Waals surface area contributed by atoms with Crippen LogP contribution < -0.4 is 20.4 Å². The minimum Gasteiger partial charge on any atom is -0.465 e. The van der Waals surface area contributed by atoms with Gasteiger partial charge in [0.2, 0.25) is 11.8 Å². The number of hydrogen-bond donors (Lipinski definition) is 5. The lowest BCUT2D eigenvalue weighted by molar-refractivity contribution is -0.136. The second kappa shape index (κ2) is 20.1. The topological polar surface area (TPSA) is 192 Å². The number of piperidine rings is 1. The fourth-order valence-electron chi connectivity index (χ4n) is 11.9.